The van der Waals surface area contributed by atoms with E-state index in [1.807, 2.05) is 60.7 Å². The molecule has 0 heterocycles. The molecule has 0 spiro atoms. The van der Waals surface area contributed by atoms with Crippen LogP contribution in [0.2, 0.25) is 0 Å². The molecule has 38 heavy (non-hydrogen) atoms. The van der Waals surface area contributed by atoms with Crippen molar-refractivity contribution >= 4 is 0 Å². The van der Waals surface area contributed by atoms with E-state index in [0.29, 0.717) is 0 Å². The van der Waals surface area contributed by atoms with E-state index in [2.05, 4.69) is 20.8 Å². The SMILES string of the molecule is CC(C)(C)C(O)(c1ccccc1)c1ccccc1.CC(C)(C)C(O)(c1ccccc1F)c1ccccc1F. The van der Waals surface area contributed by atoms with Crippen molar-refractivity contribution < 1.29 is 19.0 Å². The zero-order valence-corrected chi connectivity index (χ0v) is 23.0. The molecule has 0 amide bonds. The number of hydrogen-bond donors (Lipinski definition) is 2. The summed E-state index contributed by atoms with van der Waals surface area (Å²) in [4.78, 5) is 0. The molecule has 0 saturated heterocycles. The van der Waals surface area contributed by atoms with E-state index in [1.54, 1.807) is 45.0 Å². The molecule has 200 valence electrons. The maximum absolute atomic E-state index is 14.2. The van der Waals surface area contributed by atoms with Crippen molar-refractivity contribution in [2.24, 2.45) is 10.8 Å². The van der Waals surface area contributed by atoms with Gasteiger partial charge in [-0.2, -0.15) is 0 Å². The molecule has 2 N–H and O–H groups in total. The lowest BCUT2D eigenvalue weighted by molar-refractivity contribution is -0.0314. The lowest BCUT2D eigenvalue weighted by Gasteiger charge is -2.41. The molecule has 4 aromatic rings. The second-order valence-corrected chi connectivity index (χ2v) is 11.6. The predicted molar refractivity (Wildman–Crippen MR) is 151 cm³/mol. The molecular weight excluding hydrogens is 478 g/mol. The van der Waals surface area contributed by atoms with Gasteiger partial charge in [-0.25, -0.2) is 8.78 Å². The largest absolute Gasteiger partial charge is 0.380 e. The van der Waals surface area contributed by atoms with Crippen LogP contribution < -0.4 is 0 Å². The Morgan fingerprint density at radius 2 is 0.711 bits per heavy atom. The maximum Gasteiger partial charge on any atom is 0.129 e. The van der Waals surface area contributed by atoms with Gasteiger partial charge in [0.25, 0.3) is 0 Å². The second-order valence-electron chi connectivity index (χ2n) is 11.6. The van der Waals surface area contributed by atoms with Gasteiger partial charge in [0.15, 0.2) is 0 Å². The van der Waals surface area contributed by atoms with Crippen molar-refractivity contribution in [3.63, 3.8) is 0 Å². The van der Waals surface area contributed by atoms with Crippen LogP contribution in [-0.4, -0.2) is 10.2 Å². The fourth-order valence-corrected chi connectivity index (χ4v) is 4.85. The smallest absolute Gasteiger partial charge is 0.129 e. The summed E-state index contributed by atoms with van der Waals surface area (Å²) in [5.74, 6) is -1.10. The number of benzene rings is 4. The van der Waals surface area contributed by atoms with E-state index >= 15 is 0 Å². The first-order valence-electron chi connectivity index (χ1n) is 12.8. The van der Waals surface area contributed by atoms with Gasteiger partial charge in [-0.05, 0) is 34.1 Å². The third-order valence-electron chi connectivity index (χ3n) is 7.08. The molecule has 0 aliphatic heterocycles. The Balaban J connectivity index is 0.000000212. The minimum absolute atomic E-state index is 0.0811. The molecule has 0 atom stereocenters. The molecule has 4 aromatic carbocycles. The van der Waals surface area contributed by atoms with Crippen LogP contribution in [0.25, 0.3) is 0 Å². The number of rotatable bonds is 4. The Kier molecular flexibility index (Phi) is 8.60. The molecule has 0 aromatic heterocycles. The summed E-state index contributed by atoms with van der Waals surface area (Å²) in [5, 5.41) is 22.5. The van der Waals surface area contributed by atoms with Gasteiger partial charge in [-0.3, -0.25) is 0 Å². The van der Waals surface area contributed by atoms with E-state index in [0.717, 1.165) is 11.1 Å². The summed E-state index contributed by atoms with van der Waals surface area (Å²) in [7, 11) is 0. The van der Waals surface area contributed by atoms with Gasteiger partial charge in [0.05, 0.1) is 0 Å². The first kappa shape index (κ1) is 29.2. The van der Waals surface area contributed by atoms with Crippen LogP contribution in [-0.2, 0) is 11.2 Å². The van der Waals surface area contributed by atoms with Crippen LogP contribution in [0.1, 0.15) is 63.8 Å². The highest BCUT2D eigenvalue weighted by atomic mass is 19.1. The molecule has 0 aliphatic carbocycles. The first-order chi connectivity index (χ1) is 17.7. The van der Waals surface area contributed by atoms with Crippen molar-refractivity contribution in [3.05, 3.63) is 143 Å². The molecule has 0 fully saturated rings. The Labute approximate surface area is 225 Å². The monoisotopic (exact) mass is 516 g/mol. The third-order valence-corrected chi connectivity index (χ3v) is 7.08. The van der Waals surface area contributed by atoms with Crippen molar-refractivity contribution in [2.45, 2.75) is 52.7 Å². The Morgan fingerprint density at radius 3 is 1.00 bits per heavy atom. The fourth-order valence-electron chi connectivity index (χ4n) is 4.85. The molecule has 0 aliphatic rings. The molecule has 4 rings (SSSR count). The molecule has 0 unspecified atom stereocenters. The van der Waals surface area contributed by atoms with Crippen LogP contribution in [0.5, 0.6) is 0 Å². The molecule has 2 nitrogen and oxygen atoms in total. The van der Waals surface area contributed by atoms with Gasteiger partial charge in [0.2, 0.25) is 0 Å². The van der Waals surface area contributed by atoms with Crippen molar-refractivity contribution in [1.29, 1.82) is 0 Å². The maximum atomic E-state index is 14.2. The summed E-state index contributed by atoms with van der Waals surface area (Å²) in [6.45, 7) is 11.5. The van der Waals surface area contributed by atoms with E-state index in [-0.39, 0.29) is 16.5 Å². The summed E-state index contributed by atoms with van der Waals surface area (Å²) in [6.07, 6.45) is 0. The average molecular weight is 517 g/mol. The molecule has 0 radical (unpaired) electrons. The van der Waals surface area contributed by atoms with Gasteiger partial charge in [-0.1, -0.05) is 139 Å². The molecule has 4 heteroatoms. The number of hydrogen-bond acceptors (Lipinski definition) is 2. The Bertz CT molecular complexity index is 1230. The van der Waals surface area contributed by atoms with Crippen molar-refractivity contribution in [2.75, 3.05) is 0 Å². The normalized spacial score (nSPS) is 12.5. The summed E-state index contributed by atoms with van der Waals surface area (Å²) in [6, 6.07) is 31.6. The molecular formula is C34H38F2O2. The zero-order valence-electron chi connectivity index (χ0n) is 23.0. The minimum atomic E-state index is -1.75. The summed E-state index contributed by atoms with van der Waals surface area (Å²) >= 11 is 0. The van der Waals surface area contributed by atoms with Gasteiger partial charge in [0, 0.05) is 11.1 Å². The van der Waals surface area contributed by atoms with Gasteiger partial charge >= 0.3 is 0 Å². The van der Waals surface area contributed by atoms with Gasteiger partial charge in [-0.15, -0.1) is 0 Å². The molecule has 0 saturated carbocycles. The minimum Gasteiger partial charge on any atom is -0.380 e. The van der Waals surface area contributed by atoms with Gasteiger partial charge < -0.3 is 10.2 Å². The second kappa shape index (κ2) is 11.2. The lowest BCUT2D eigenvalue weighted by Crippen LogP contribution is -2.42. The van der Waals surface area contributed by atoms with E-state index in [9.17, 15) is 19.0 Å². The van der Waals surface area contributed by atoms with Crippen LogP contribution in [0, 0.1) is 22.5 Å². The standard InChI is InChI=1S/C17H18F2O.C17H20O/c1-16(2,3)17(20,12-8-4-6-10-14(12)18)13-9-5-7-11-15(13)19;1-16(2,3)17(18,14-10-6-4-7-11-14)15-12-8-5-9-13-15/h4-11,20H,1-3H3;4-13,18H,1-3H3. The summed E-state index contributed by atoms with van der Waals surface area (Å²) in [5.41, 5.74) is -1.76. The van der Waals surface area contributed by atoms with Crippen molar-refractivity contribution in [3.8, 4) is 0 Å². The Morgan fingerprint density at radius 1 is 0.421 bits per heavy atom. The van der Waals surface area contributed by atoms with E-state index in [1.165, 1.54) is 24.3 Å². The number of aliphatic hydroxyl groups is 2. The number of halogens is 2. The Hall–Kier alpha value is -3.34. The highest BCUT2D eigenvalue weighted by Crippen LogP contribution is 2.46. The van der Waals surface area contributed by atoms with Crippen LogP contribution in [0.4, 0.5) is 8.78 Å². The third kappa shape index (κ3) is 5.57. The van der Waals surface area contributed by atoms with Crippen LogP contribution in [0.3, 0.4) is 0 Å². The summed E-state index contributed by atoms with van der Waals surface area (Å²) < 4.78 is 28.3. The van der Waals surface area contributed by atoms with E-state index in [4.69, 9.17) is 0 Å². The topological polar surface area (TPSA) is 40.5 Å². The van der Waals surface area contributed by atoms with Crippen LogP contribution >= 0.6 is 0 Å². The van der Waals surface area contributed by atoms with Crippen LogP contribution in [0.15, 0.2) is 109 Å². The zero-order chi connectivity index (χ0) is 28.2. The van der Waals surface area contributed by atoms with Crippen molar-refractivity contribution in [1.82, 2.24) is 0 Å². The van der Waals surface area contributed by atoms with Gasteiger partial charge in [0.1, 0.15) is 22.8 Å². The molecule has 0 bridgehead atoms. The highest BCUT2D eigenvalue weighted by Gasteiger charge is 2.46. The first-order valence-corrected chi connectivity index (χ1v) is 12.8. The fraction of sp³-hybridized carbons (Fsp3) is 0.294. The lowest BCUT2D eigenvalue weighted by atomic mass is 9.68. The predicted octanol–water partition coefficient (Wildman–Crippen LogP) is 8.22. The quantitative estimate of drug-likeness (QED) is 0.287. The average Bonchev–Trinajstić information content (AvgIpc) is 2.88. The van der Waals surface area contributed by atoms with E-state index < -0.39 is 28.3 Å². The highest BCUT2D eigenvalue weighted by molar-refractivity contribution is 5.40.